The summed E-state index contributed by atoms with van der Waals surface area (Å²) in [6, 6.07) is 10.9. The van der Waals surface area contributed by atoms with Crippen molar-refractivity contribution in [2.45, 2.75) is 13.0 Å². The van der Waals surface area contributed by atoms with Gasteiger partial charge in [0.1, 0.15) is 10.7 Å². The van der Waals surface area contributed by atoms with Crippen molar-refractivity contribution in [1.82, 2.24) is 9.88 Å². The number of carbonyl (C=O) groups excluding carboxylic acids is 2. The molecule has 0 saturated heterocycles. The van der Waals surface area contributed by atoms with Crippen LogP contribution in [0.3, 0.4) is 0 Å². The minimum absolute atomic E-state index is 0.0550. The van der Waals surface area contributed by atoms with Crippen molar-refractivity contribution >= 4 is 44.8 Å². The first-order chi connectivity index (χ1) is 13.8. The van der Waals surface area contributed by atoms with Gasteiger partial charge in [-0.3, -0.25) is 14.9 Å². The Bertz CT molecular complexity index is 1060. The van der Waals surface area contributed by atoms with Crippen molar-refractivity contribution in [3.63, 3.8) is 0 Å². The first-order valence-corrected chi connectivity index (χ1v) is 9.41. The number of esters is 1. The summed E-state index contributed by atoms with van der Waals surface area (Å²) < 4.78 is 6.04. The molecular formula is C19H18N4O5S. The molecule has 10 heteroatoms. The normalized spacial score (nSPS) is 11.8. The fourth-order valence-corrected chi connectivity index (χ4v) is 3.65. The number of benzene rings is 2. The van der Waals surface area contributed by atoms with Crippen molar-refractivity contribution in [2.24, 2.45) is 0 Å². The number of likely N-dealkylation sites (N-methyl/N-ethyl adjacent to an activating group) is 1. The van der Waals surface area contributed by atoms with E-state index >= 15 is 0 Å². The highest BCUT2D eigenvalue weighted by molar-refractivity contribution is 7.18. The topological polar surface area (TPSA) is 129 Å². The Balaban J connectivity index is 1.64. The number of nitrogens with zero attached hydrogens (tertiary/aromatic N) is 3. The molecule has 0 spiro atoms. The minimum atomic E-state index is -0.845. The maximum atomic E-state index is 12.4. The van der Waals surface area contributed by atoms with Crippen molar-refractivity contribution in [3.8, 4) is 0 Å². The zero-order chi connectivity index (χ0) is 21.1. The molecule has 0 saturated carbocycles. The van der Waals surface area contributed by atoms with Crippen molar-refractivity contribution in [1.29, 1.82) is 0 Å². The van der Waals surface area contributed by atoms with Gasteiger partial charge in [-0.2, -0.15) is 0 Å². The van der Waals surface area contributed by atoms with E-state index in [0.717, 1.165) is 21.3 Å². The number of thiazole rings is 1. The van der Waals surface area contributed by atoms with E-state index in [1.807, 2.05) is 31.2 Å². The van der Waals surface area contributed by atoms with E-state index in [9.17, 15) is 19.7 Å². The number of ether oxygens (including phenoxy) is 1. The van der Waals surface area contributed by atoms with Gasteiger partial charge >= 0.3 is 5.97 Å². The third kappa shape index (κ3) is 4.32. The zero-order valence-corrected chi connectivity index (χ0v) is 16.5. The Labute approximate surface area is 169 Å². The van der Waals surface area contributed by atoms with Gasteiger partial charge in [0.2, 0.25) is 0 Å². The van der Waals surface area contributed by atoms with E-state index in [0.29, 0.717) is 0 Å². The van der Waals surface area contributed by atoms with E-state index in [2.05, 4.69) is 4.98 Å². The number of fused-ring (bicyclic) bond motifs is 1. The molecule has 1 atom stereocenters. The average Bonchev–Trinajstić information content (AvgIpc) is 3.15. The SMILES string of the molecule is C[C@H](c1nc2ccccc2s1)N(C)C(=O)COC(=O)c1ccc(N)c([N+](=O)[O-])c1. The summed E-state index contributed by atoms with van der Waals surface area (Å²) in [5.41, 5.74) is 5.85. The second-order valence-corrected chi connectivity index (χ2v) is 7.37. The third-order valence-corrected chi connectivity index (χ3v) is 5.64. The molecule has 29 heavy (non-hydrogen) atoms. The molecule has 150 valence electrons. The molecule has 1 heterocycles. The highest BCUT2D eigenvalue weighted by atomic mass is 32.1. The van der Waals surface area contributed by atoms with E-state index < -0.39 is 29.1 Å². The van der Waals surface area contributed by atoms with Crippen LogP contribution in [-0.2, 0) is 9.53 Å². The largest absolute Gasteiger partial charge is 0.452 e. The van der Waals surface area contributed by atoms with Crippen LogP contribution in [0.5, 0.6) is 0 Å². The van der Waals surface area contributed by atoms with Gasteiger partial charge in [0.05, 0.1) is 26.7 Å². The first kappa shape index (κ1) is 20.2. The molecule has 0 bridgehead atoms. The van der Waals surface area contributed by atoms with Gasteiger partial charge in [0, 0.05) is 13.1 Å². The minimum Gasteiger partial charge on any atom is -0.452 e. The molecule has 0 aliphatic carbocycles. The van der Waals surface area contributed by atoms with Crippen LogP contribution in [0.15, 0.2) is 42.5 Å². The number of hydrogen-bond acceptors (Lipinski definition) is 8. The van der Waals surface area contributed by atoms with Gasteiger partial charge in [-0.15, -0.1) is 11.3 Å². The second kappa shape index (κ2) is 8.23. The molecule has 3 rings (SSSR count). The molecule has 3 aromatic rings. The maximum Gasteiger partial charge on any atom is 0.338 e. The number of para-hydroxylation sites is 1. The van der Waals surface area contributed by atoms with Crippen molar-refractivity contribution in [2.75, 3.05) is 19.4 Å². The lowest BCUT2D eigenvalue weighted by molar-refractivity contribution is -0.383. The standard InChI is InChI=1S/C19H18N4O5S/c1-11(18-21-14-5-3-4-6-16(14)29-18)22(2)17(24)10-28-19(25)12-7-8-13(20)15(9-12)23(26)27/h3-9,11H,10,20H2,1-2H3/t11-/m1/s1. The molecule has 2 aromatic carbocycles. The summed E-state index contributed by atoms with van der Waals surface area (Å²) in [7, 11) is 1.60. The zero-order valence-electron chi connectivity index (χ0n) is 15.7. The van der Waals surface area contributed by atoms with Crippen LogP contribution < -0.4 is 5.73 Å². The first-order valence-electron chi connectivity index (χ1n) is 8.60. The monoisotopic (exact) mass is 414 g/mol. The quantitative estimate of drug-likeness (QED) is 0.284. The molecule has 0 unspecified atom stereocenters. The van der Waals surface area contributed by atoms with Gasteiger partial charge < -0.3 is 15.4 Å². The lowest BCUT2D eigenvalue weighted by atomic mass is 10.2. The fourth-order valence-electron chi connectivity index (χ4n) is 2.59. The molecule has 1 aromatic heterocycles. The number of rotatable bonds is 6. The number of carbonyl (C=O) groups is 2. The molecule has 9 nitrogen and oxygen atoms in total. The molecule has 0 aliphatic rings. The van der Waals surface area contributed by atoms with Crippen LogP contribution >= 0.6 is 11.3 Å². The molecular weight excluding hydrogens is 396 g/mol. The van der Waals surface area contributed by atoms with E-state index in [-0.39, 0.29) is 17.3 Å². The molecule has 0 radical (unpaired) electrons. The summed E-state index contributed by atoms with van der Waals surface area (Å²) in [5.74, 6) is -1.27. The fraction of sp³-hybridized carbons (Fsp3) is 0.211. The van der Waals surface area contributed by atoms with Crippen LogP contribution in [0.25, 0.3) is 10.2 Å². The van der Waals surface area contributed by atoms with Crippen LogP contribution in [0.2, 0.25) is 0 Å². The second-order valence-electron chi connectivity index (χ2n) is 6.31. The summed E-state index contributed by atoms with van der Waals surface area (Å²) in [5, 5.41) is 11.7. The smallest absolute Gasteiger partial charge is 0.338 e. The number of hydrogen-bond donors (Lipinski definition) is 1. The molecule has 2 N–H and O–H groups in total. The Morgan fingerprint density at radius 3 is 2.72 bits per heavy atom. The van der Waals surface area contributed by atoms with E-state index in [4.69, 9.17) is 10.5 Å². The lowest BCUT2D eigenvalue weighted by Crippen LogP contribution is -2.33. The number of nitrogen functional groups attached to an aromatic ring is 1. The summed E-state index contributed by atoms with van der Waals surface area (Å²) in [4.78, 5) is 40.8. The number of nitro benzene ring substituents is 1. The Morgan fingerprint density at radius 1 is 1.31 bits per heavy atom. The van der Waals surface area contributed by atoms with Crippen LogP contribution in [0, 0.1) is 10.1 Å². The Hall–Kier alpha value is -3.53. The van der Waals surface area contributed by atoms with E-state index in [1.165, 1.54) is 28.4 Å². The highest BCUT2D eigenvalue weighted by Gasteiger charge is 2.23. The van der Waals surface area contributed by atoms with E-state index in [1.54, 1.807) is 7.05 Å². The third-order valence-electron chi connectivity index (χ3n) is 4.43. The Morgan fingerprint density at radius 2 is 2.03 bits per heavy atom. The van der Waals surface area contributed by atoms with Crippen LogP contribution in [0.1, 0.15) is 28.3 Å². The predicted octanol–water partition coefficient (Wildman–Crippen LogP) is 3.16. The highest BCUT2D eigenvalue weighted by Crippen LogP contribution is 2.29. The van der Waals surface area contributed by atoms with Gasteiger partial charge in [-0.1, -0.05) is 12.1 Å². The lowest BCUT2D eigenvalue weighted by Gasteiger charge is -2.23. The van der Waals surface area contributed by atoms with Gasteiger partial charge in [0.25, 0.3) is 11.6 Å². The maximum absolute atomic E-state index is 12.4. The number of aromatic nitrogens is 1. The molecule has 1 amide bonds. The van der Waals surface area contributed by atoms with Crippen LogP contribution in [0.4, 0.5) is 11.4 Å². The summed E-state index contributed by atoms with van der Waals surface area (Å²) >= 11 is 1.49. The van der Waals surface area contributed by atoms with Gasteiger partial charge in [0.15, 0.2) is 6.61 Å². The number of anilines is 1. The van der Waals surface area contributed by atoms with Crippen LogP contribution in [-0.4, -0.2) is 40.3 Å². The Kier molecular flexibility index (Phi) is 5.74. The number of nitro groups is 1. The molecule has 0 fully saturated rings. The van der Waals surface area contributed by atoms with Gasteiger partial charge in [-0.25, -0.2) is 9.78 Å². The summed E-state index contributed by atoms with van der Waals surface area (Å²) in [6.45, 7) is 1.34. The summed E-state index contributed by atoms with van der Waals surface area (Å²) in [6.07, 6.45) is 0. The predicted molar refractivity (Wildman–Crippen MR) is 109 cm³/mol. The number of amides is 1. The van der Waals surface area contributed by atoms with Crippen molar-refractivity contribution in [3.05, 3.63) is 63.1 Å². The average molecular weight is 414 g/mol. The van der Waals surface area contributed by atoms with Crippen molar-refractivity contribution < 1.29 is 19.2 Å². The number of nitrogens with two attached hydrogens (primary N) is 1. The van der Waals surface area contributed by atoms with Gasteiger partial charge in [-0.05, 0) is 31.2 Å². The molecule has 0 aliphatic heterocycles.